The third-order valence-corrected chi connectivity index (χ3v) is 2.68. The van der Waals surface area contributed by atoms with Crippen LogP contribution in [-0.2, 0) is 13.2 Å². The number of nitrogens with zero attached hydrogens (tertiary/aromatic N) is 3. The lowest BCUT2D eigenvalue weighted by atomic mass is 10.2. The number of aldehydes is 1. The molecule has 0 aliphatic rings. The first-order valence-corrected chi connectivity index (χ1v) is 5.91. The molecule has 0 N–H and O–H groups in total. The third kappa shape index (κ3) is 2.90. The highest BCUT2D eigenvalue weighted by Gasteiger charge is 2.08. The zero-order chi connectivity index (χ0) is 13.7. The number of hydrogen-bond donors (Lipinski definition) is 0. The van der Waals surface area contributed by atoms with Crippen molar-refractivity contribution in [1.82, 2.24) is 14.8 Å². The number of aryl methyl sites for hydroxylation is 1. The number of benzene rings is 1. The van der Waals surface area contributed by atoms with Gasteiger partial charge in [-0.05, 0) is 25.1 Å². The maximum Gasteiger partial charge on any atom is 0.164 e. The Labute approximate surface area is 111 Å². The molecule has 2 aromatic rings. The fourth-order valence-corrected chi connectivity index (χ4v) is 1.68. The Balaban J connectivity index is 2.13. The van der Waals surface area contributed by atoms with Crippen LogP contribution in [-0.4, -0.2) is 28.2 Å². The maximum absolute atomic E-state index is 10.7. The molecule has 0 bridgehead atoms. The van der Waals surface area contributed by atoms with E-state index in [1.165, 1.54) is 13.4 Å². The monoisotopic (exact) mass is 261 g/mol. The highest BCUT2D eigenvalue weighted by molar-refractivity contribution is 5.76. The molecule has 19 heavy (non-hydrogen) atoms. The predicted octanol–water partition coefficient (Wildman–Crippen LogP) is 1.70. The lowest BCUT2D eigenvalue weighted by Crippen LogP contribution is -2.07. The van der Waals surface area contributed by atoms with E-state index in [1.54, 1.807) is 22.9 Å². The second-order valence-corrected chi connectivity index (χ2v) is 3.81. The summed E-state index contributed by atoms with van der Waals surface area (Å²) >= 11 is 0. The largest absolute Gasteiger partial charge is 0.493 e. The average molecular weight is 261 g/mol. The average Bonchev–Trinajstić information content (AvgIpc) is 2.92. The second-order valence-electron chi connectivity index (χ2n) is 3.81. The van der Waals surface area contributed by atoms with Crippen molar-refractivity contribution in [3.63, 3.8) is 0 Å². The molecule has 0 aliphatic carbocycles. The van der Waals surface area contributed by atoms with Crippen molar-refractivity contribution < 1.29 is 14.3 Å². The van der Waals surface area contributed by atoms with Crippen LogP contribution in [0.1, 0.15) is 23.1 Å². The van der Waals surface area contributed by atoms with Gasteiger partial charge in [0.25, 0.3) is 0 Å². The van der Waals surface area contributed by atoms with E-state index >= 15 is 0 Å². The molecular weight excluding hydrogens is 246 g/mol. The Hall–Kier alpha value is -2.37. The molecule has 0 atom stereocenters. The lowest BCUT2D eigenvalue weighted by molar-refractivity contribution is 0.112. The second kappa shape index (κ2) is 5.99. The molecule has 6 heteroatoms. The molecule has 1 aromatic heterocycles. The maximum atomic E-state index is 10.7. The Morgan fingerprint density at radius 2 is 2.21 bits per heavy atom. The number of rotatable bonds is 6. The molecule has 0 amide bonds. The lowest BCUT2D eigenvalue weighted by Gasteiger charge is -2.10. The van der Waals surface area contributed by atoms with Crippen molar-refractivity contribution in [2.24, 2.45) is 0 Å². The number of methoxy groups -OCH3 is 1. The summed E-state index contributed by atoms with van der Waals surface area (Å²) < 4.78 is 12.6. The Morgan fingerprint density at radius 1 is 1.37 bits per heavy atom. The minimum absolute atomic E-state index is 0.296. The molecular formula is C13H15N3O3. The van der Waals surface area contributed by atoms with Gasteiger partial charge in [0.1, 0.15) is 19.2 Å². The van der Waals surface area contributed by atoms with E-state index in [-0.39, 0.29) is 0 Å². The van der Waals surface area contributed by atoms with Crippen molar-refractivity contribution in [2.45, 2.75) is 20.1 Å². The molecule has 0 spiro atoms. The number of hydrogen-bond acceptors (Lipinski definition) is 5. The standard InChI is InChI=1S/C13H15N3O3/c1-3-16-13(14-9-15-16)8-19-11-5-4-10(7-17)6-12(11)18-2/h4-7,9H,3,8H2,1-2H3. The highest BCUT2D eigenvalue weighted by Crippen LogP contribution is 2.28. The summed E-state index contributed by atoms with van der Waals surface area (Å²) in [5, 5.41) is 4.06. The van der Waals surface area contributed by atoms with E-state index in [9.17, 15) is 4.79 Å². The van der Waals surface area contributed by atoms with Gasteiger partial charge in [-0.25, -0.2) is 9.67 Å². The van der Waals surface area contributed by atoms with Crippen LogP contribution in [0.3, 0.4) is 0 Å². The van der Waals surface area contributed by atoms with Crippen LogP contribution < -0.4 is 9.47 Å². The molecule has 0 saturated heterocycles. The van der Waals surface area contributed by atoms with Crippen LogP contribution in [0.25, 0.3) is 0 Å². The molecule has 0 fully saturated rings. The zero-order valence-corrected chi connectivity index (χ0v) is 10.9. The van der Waals surface area contributed by atoms with Crippen LogP contribution in [0.5, 0.6) is 11.5 Å². The minimum atomic E-state index is 0.296. The fourth-order valence-electron chi connectivity index (χ4n) is 1.68. The first-order chi connectivity index (χ1) is 9.28. The van der Waals surface area contributed by atoms with E-state index in [0.717, 1.165) is 18.7 Å². The van der Waals surface area contributed by atoms with Crippen molar-refractivity contribution in [3.05, 3.63) is 35.9 Å². The number of carbonyl (C=O) groups is 1. The van der Waals surface area contributed by atoms with Gasteiger partial charge in [0.15, 0.2) is 17.3 Å². The van der Waals surface area contributed by atoms with Gasteiger partial charge in [0.05, 0.1) is 7.11 Å². The van der Waals surface area contributed by atoms with Gasteiger partial charge in [0, 0.05) is 12.1 Å². The molecule has 2 rings (SSSR count). The number of ether oxygens (including phenoxy) is 2. The normalized spacial score (nSPS) is 10.2. The number of aromatic nitrogens is 3. The molecule has 0 aliphatic heterocycles. The summed E-state index contributed by atoms with van der Waals surface area (Å²) in [6.45, 7) is 3.02. The minimum Gasteiger partial charge on any atom is -0.493 e. The van der Waals surface area contributed by atoms with Gasteiger partial charge in [0.2, 0.25) is 0 Å². The van der Waals surface area contributed by atoms with E-state index in [4.69, 9.17) is 9.47 Å². The van der Waals surface area contributed by atoms with Crippen LogP contribution >= 0.6 is 0 Å². The van der Waals surface area contributed by atoms with E-state index in [1.807, 2.05) is 6.92 Å². The van der Waals surface area contributed by atoms with Gasteiger partial charge in [-0.15, -0.1) is 0 Å². The molecule has 6 nitrogen and oxygen atoms in total. The molecule has 1 aromatic carbocycles. The van der Waals surface area contributed by atoms with E-state index < -0.39 is 0 Å². The quantitative estimate of drug-likeness (QED) is 0.740. The van der Waals surface area contributed by atoms with Gasteiger partial charge in [-0.1, -0.05) is 0 Å². The molecule has 0 saturated carbocycles. The van der Waals surface area contributed by atoms with Gasteiger partial charge < -0.3 is 9.47 Å². The fraction of sp³-hybridized carbons (Fsp3) is 0.308. The first-order valence-electron chi connectivity index (χ1n) is 5.91. The van der Waals surface area contributed by atoms with Crippen LogP contribution in [0.2, 0.25) is 0 Å². The van der Waals surface area contributed by atoms with Crippen molar-refractivity contribution >= 4 is 6.29 Å². The summed E-state index contributed by atoms with van der Waals surface area (Å²) in [4.78, 5) is 14.8. The number of carbonyl (C=O) groups excluding carboxylic acids is 1. The summed E-state index contributed by atoms with van der Waals surface area (Å²) in [6, 6.07) is 5.01. The molecule has 0 unspecified atom stereocenters. The van der Waals surface area contributed by atoms with Gasteiger partial charge in [-0.2, -0.15) is 5.10 Å². The van der Waals surface area contributed by atoms with Gasteiger partial charge in [-0.3, -0.25) is 4.79 Å². The third-order valence-electron chi connectivity index (χ3n) is 2.68. The van der Waals surface area contributed by atoms with Crippen LogP contribution in [0.4, 0.5) is 0 Å². The Kier molecular flexibility index (Phi) is 4.12. The summed E-state index contributed by atoms with van der Waals surface area (Å²) in [6.07, 6.45) is 2.26. The molecule has 100 valence electrons. The summed E-state index contributed by atoms with van der Waals surface area (Å²) in [5.41, 5.74) is 0.543. The van der Waals surface area contributed by atoms with Crippen molar-refractivity contribution in [2.75, 3.05) is 7.11 Å². The highest BCUT2D eigenvalue weighted by atomic mass is 16.5. The van der Waals surface area contributed by atoms with Gasteiger partial charge >= 0.3 is 0 Å². The zero-order valence-electron chi connectivity index (χ0n) is 10.9. The predicted molar refractivity (Wildman–Crippen MR) is 68.4 cm³/mol. The first kappa shape index (κ1) is 13.1. The molecule has 1 heterocycles. The Morgan fingerprint density at radius 3 is 2.89 bits per heavy atom. The van der Waals surface area contributed by atoms with Crippen molar-refractivity contribution in [1.29, 1.82) is 0 Å². The topological polar surface area (TPSA) is 66.2 Å². The Bertz CT molecular complexity index is 566. The smallest absolute Gasteiger partial charge is 0.164 e. The van der Waals surface area contributed by atoms with Crippen LogP contribution in [0, 0.1) is 0 Å². The SMILES string of the molecule is CCn1ncnc1COc1ccc(C=O)cc1OC. The molecule has 0 radical (unpaired) electrons. The van der Waals surface area contributed by atoms with Crippen LogP contribution in [0.15, 0.2) is 24.5 Å². The van der Waals surface area contributed by atoms with E-state index in [0.29, 0.717) is 23.7 Å². The summed E-state index contributed by atoms with van der Waals surface area (Å²) in [5.74, 6) is 1.83. The summed E-state index contributed by atoms with van der Waals surface area (Å²) in [7, 11) is 1.53. The van der Waals surface area contributed by atoms with Crippen molar-refractivity contribution in [3.8, 4) is 11.5 Å². The van der Waals surface area contributed by atoms with E-state index in [2.05, 4.69) is 10.1 Å².